The minimum Gasteiger partial charge on any atom is -0.370 e. The number of nitrogens with zero attached hydrogens (tertiary/aromatic N) is 3. The number of aromatic nitrogens is 3. The topological polar surface area (TPSA) is 42.7 Å². The van der Waals surface area contributed by atoms with Gasteiger partial charge in [-0.15, -0.1) is 0 Å². The molecule has 0 aliphatic rings. The zero-order valence-electron chi connectivity index (χ0n) is 9.73. The van der Waals surface area contributed by atoms with Crippen molar-refractivity contribution in [3.63, 3.8) is 0 Å². The van der Waals surface area contributed by atoms with Crippen LogP contribution in [0.2, 0.25) is 0 Å². The van der Waals surface area contributed by atoms with Crippen LogP contribution in [0.3, 0.4) is 0 Å². The van der Waals surface area contributed by atoms with E-state index in [0.717, 1.165) is 35.4 Å². The third kappa shape index (κ3) is 3.56. The summed E-state index contributed by atoms with van der Waals surface area (Å²) in [7, 11) is 0. The fraction of sp³-hybridized carbons (Fsp3) is 0.333. The summed E-state index contributed by atoms with van der Waals surface area (Å²) in [6.45, 7) is 3.84. The maximum atomic E-state index is 4.36. The van der Waals surface area contributed by atoms with Crippen LogP contribution in [0.25, 0.3) is 0 Å². The Morgan fingerprint density at radius 2 is 2.24 bits per heavy atom. The first-order chi connectivity index (χ1) is 8.28. The quantitative estimate of drug-likeness (QED) is 0.922. The second kappa shape index (κ2) is 5.82. The lowest BCUT2D eigenvalue weighted by atomic mass is 10.3. The fourth-order valence-electron chi connectivity index (χ4n) is 1.49. The fourth-order valence-corrected chi connectivity index (χ4v) is 1.82. The van der Waals surface area contributed by atoms with Gasteiger partial charge in [-0.2, -0.15) is 5.10 Å². The van der Waals surface area contributed by atoms with E-state index in [4.69, 9.17) is 0 Å². The molecule has 2 aromatic rings. The monoisotopic (exact) mass is 294 g/mol. The Hall–Kier alpha value is -1.36. The van der Waals surface area contributed by atoms with E-state index in [2.05, 4.69) is 44.3 Å². The van der Waals surface area contributed by atoms with E-state index in [1.54, 1.807) is 6.20 Å². The maximum absolute atomic E-state index is 4.36. The van der Waals surface area contributed by atoms with Crippen LogP contribution in [0.1, 0.15) is 18.9 Å². The SMILES string of the molecule is CCCNc1ccc(Cn2cc(Br)cn2)cn1. The van der Waals surface area contributed by atoms with Crippen molar-refractivity contribution < 1.29 is 0 Å². The van der Waals surface area contributed by atoms with Gasteiger partial charge in [0.25, 0.3) is 0 Å². The molecular formula is C12H15BrN4. The molecule has 0 saturated carbocycles. The minimum atomic E-state index is 0.743. The van der Waals surface area contributed by atoms with Gasteiger partial charge in [-0.3, -0.25) is 4.68 Å². The molecule has 0 radical (unpaired) electrons. The van der Waals surface area contributed by atoms with Crippen LogP contribution in [0.4, 0.5) is 5.82 Å². The Morgan fingerprint density at radius 1 is 1.35 bits per heavy atom. The molecular weight excluding hydrogens is 280 g/mol. The van der Waals surface area contributed by atoms with Gasteiger partial charge < -0.3 is 5.32 Å². The van der Waals surface area contributed by atoms with Crippen molar-refractivity contribution >= 4 is 21.7 Å². The highest BCUT2D eigenvalue weighted by molar-refractivity contribution is 9.10. The first-order valence-electron chi connectivity index (χ1n) is 5.64. The van der Waals surface area contributed by atoms with Crippen LogP contribution in [0, 0.1) is 0 Å². The molecule has 0 aliphatic heterocycles. The largest absolute Gasteiger partial charge is 0.370 e. The summed E-state index contributed by atoms with van der Waals surface area (Å²) in [5.74, 6) is 0.928. The molecule has 0 atom stereocenters. The lowest BCUT2D eigenvalue weighted by Crippen LogP contribution is -2.03. The van der Waals surface area contributed by atoms with E-state index in [1.807, 2.05) is 23.1 Å². The Morgan fingerprint density at radius 3 is 2.82 bits per heavy atom. The summed E-state index contributed by atoms with van der Waals surface area (Å²) in [5, 5.41) is 7.46. The van der Waals surface area contributed by atoms with Gasteiger partial charge in [-0.1, -0.05) is 13.0 Å². The van der Waals surface area contributed by atoms with Crippen LogP contribution in [0.5, 0.6) is 0 Å². The van der Waals surface area contributed by atoms with Crippen molar-refractivity contribution in [1.82, 2.24) is 14.8 Å². The summed E-state index contributed by atoms with van der Waals surface area (Å²) in [6.07, 6.45) is 6.71. The van der Waals surface area contributed by atoms with Gasteiger partial charge in [0, 0.05) is 18.9 Å². The first kappa shape index (κ1) is 12.1. The van der Waals surface area contributed by atoms with E-state index in [9.17, 15) is 0 Å². The van der Waals surface area contributed by atoms with Gasteiger partial charge in [-0.25, -0.2) is 4.98 Å². The van der Waals surface area contributed by atoms with Gasteiger partial charge >= 0.3 is 0 Å². The van der Waals surface area contributed by atoms with Crippen LogP contribution in [-0.4, -0.2) is 21.3 Å². The molecule has 17 heavy (non-hydrogen) atoms. The molecule has 0 aromatic carbocycles. The second-order valence-electron chi connectivity index (χ2n) is 3.83. The Labute approximate surface area is 109 Å². The van der Waals surface area contributed by atoms with E-state index in [1.165, 1.54) is 0 Å². The summed E-state index contributed by atoms with van der Waals surface area (Å²) in [5.41, 5.74) is 1.14. The van der Waals surface area contributed by atoms with E-state index < -0.39 is 0 Å². The lowest BCUT2D eigenvalue weighted by molar-refractivity contribution is 0.684. The van der Waals surface area contributed by atoms with Crippen LogP contribution >= 0.6 is 15.9 Å². The maximum Gasteiger partial charge on any atom is 0.125 e. The average Bonchev–Trinajstić information content (AvgIpc) is 2.74. The Kier molecular flexibility index (Phi) is 4.14. The molecule has 2 heterocycles. The number of nitrogens with one attached hydrogen (secondary N) is 1. The number of hydrogen-bond donors (Lipinski definition) is 1. The molecule has 0 saturated heterocycles. The van der Waals surface area contributed by atoms with Crippen molar-refractivity contribution in [3.8, 4) is 0 Å². The molecule has 2 rings (SSSR count). The average molecular weight is 295 g/mol. The predicted octanol–water partition coefficient (Wildman–Crippen LogP) is 2.91. The van der Waals surface area contributed by atoms with Crippen molar-refractivity contribution in [3.05, 3.63) is 40.8 Å². The van der Waals surface area contributed by atoms with Gasteiger partial charge in [0.05, 0.1) is 17.2 Å². The van der Waals surface area contributed by atoms with Gasteiger partial charge in [0.2, 0.25) is 0 Å². The van der Waals surface area contributed by atoms with E-state index in [0.29, 0.717) is 0 Å². The zero-order chi connectivity index (χ0) is 12.1. The molecule has 0 spiro atoms. The Balaban J connectivity index is 1.98. The molecule has 90 valence electrons. The molecule has 1 N–H and O–H groups in total. The molecule has 2 aromatic heterocycles. The van der Waals surface area contributed by atoms with Crippen LogP contribution in [0.15, 0.2) is 35.2 Å². The standard InChI is InChI=1S/C12H15BrN4/c1-2-5-14-12-4-3-10(6-15-12)8-17-9-11(13)7-16-17/h3-4,6-7,9H,2,5,8H2,1H3,(H,14,15). The molecule has 0 fully saturated rings. The van der Waals surface area contributed by atoms with Gasteiger partial charge in [-0.05, 0) is 34.0 Å². The summed E-state index contributed by atoms with van der Waals surface area (Å²) >= 11 is 3.38. The van der Waals surface area contributed by atoms with Crippen LogP contribution < -0.4 is 5.32 Å². The Bertz CT molecular complexity index is 464. The highest BCUT2D eigenvalue weighted by Gasteiger charge is 1.98. The molecule has 0 unspecified atom stereocenters. The van der Waals surface area contributed by atoms with Crippen LogP contribution in [-0.2, 0) is 6.54 Å². The van der Waals surface area contributed by atoms with E-state index in [-0.39, 0.29) is 0 Å². The first-order valence-corrected chi connectivity index (χ1v) is 6.44. The number of hydrogen-bond acceptors (Lipinski definition) is 3. The van der Waals surface area contributed by atoms with E-state index >= 15 is 0 Å². The van der Waals surface area contributed by atoms with Crippen molar-refractivity contribution in [2.45, 2.75) is 19.9 Å². The number of pyridine rings is 1. The number of rotatable bonds is 5. The summed E-state index contributed by atoms with van der Waals surface area (Å²) in [6, 6.07) is 4.07. The lowest BCUT2D eigenvalue weighted by Gasteiger charge is -2.05. The molecule has 0 bridgehead atoms. The highest BCUT2D eigenvalue weighted by atomic mass is 79.9. The molecule has 0 aliphatic carbocycles. The van der Waals surface area contributed by atoms with Gasteiger partial charge in [0.1, 0.15) is 5.82 Å². The summed E-state index contributed by atoms with van der Waals surface area (Å²) < 4.78 is 2.87. The molecule has 0 amide bonds. The summed E-state index contributed by atoms with van der Waals surface area (Å²) in [4.78, 5) is 4.36. The molecule has 4 nitrogen and oxygen atoms in total. The number of halogens is 1. The van der Waals surface area contributed by atoms with Gasteiger partial charge in [0.15, 0.2) is 0 Å². The normalized spacial score (nSPS) is 10.5. The predicted molar refractivity (Wildman–Crippen MR) is 72.0 cm³/mol. The smallest absolute Gasteiger partial charge is 0.125 e. The minimum absolute atomic E-state index is 0.743. The van der Waals surface area contributed by atoms with Crippen molar-refractivity contribution in [2.75, 3.05) is 11.9 Å². The zero-order valence-corrected chi connectivity index (χ0v) is 11.3. The van der Waals surface area contributed by atoms with Crippen molar-refractivity contribution in [1.29, 1.82) is 0 Å². The van der Waals surface area contributed by atoms with Crippen molar-refractivity contribution in [2.24, 2.45) is 0 Å². The molecule has 5 heteroatoms. The third-order valence-corrected chi connectivity index (χ3v) is 2.74. The highest BCUT2D eigenvalue weighted by Crippen LogP contribution is 2.10. The second-order valence-corrected chi connectivity index (χ2v) is 4.75. The number of anilines is 1. The third-order valence-electron chi connectivity index (χ3n) is 2.33.